The number of para-hydroxylation sites is 1. The number of benzene rings is 1. The van der Waals surface area contributed by atoms with Gasteiger partial charge in [0.05, 0.1) is 46.5 Å². The van der Waals surface area contributed by atoms with Gasteiger partial charge in [-0.1, -0.05) is 35.9 Å². The number of amides is 2. The van der Waals surface area contributed by atoms with Gasteiger partial charge in [0, 0.05) is 11.8 Å². The molecule has 3 aliphatic rings. The topological polar surface area (TPSA) is 87.1 Å². The summed E-state index contributed by atoms with van der Waals surface area (Å²) in [6, 6.07) is 3.98. The highest BCUT2D eigenvalue weighted by molar-refractivity contribution is 8.02. The first-order valence-electron chi connectivity index (χ1n) is 12.3. The van der Waals surface area contributed by atoms with E-state index in [1.54, 1.807) is 41.8 Å². The van der Waals surface area contributed by atoms with Gasteiger partial charge >= 0.3 is 5.97 Å². The molecule has 0 radical (unpaired) electrons. The van der Waals surface area contributed by atoms with Gasteiger partial charge in [0.2, 0.25) is 5.91 Å². The molecular formula is C27H33ClN2O5S. The minimum absolute atomic E-state index is 0.0908. The van der Waals surface area contributed by atoms with Gasteiger partial charge in [0.25, 0.3) is 5.91 Å². The number of aryl methyl sites for hydroxylation is 1. The third kappa shape index (κ3) is 4.17. The van der Waals surface area contributed by atoms with Crippen LogP contribution in [0.5, 0.6) is 0 Å². The number of nitrogens with zero attached hydrogens (tertiary/aromatic N) is 2. The molecule has 2 bridgehead atoms. The minimum atomic E-state index is -0.853. The molecule has 2 unspecified atom stereocenters. The zero-order valence-electron chi connectivity index (χ0n) is 20.7. The molecule has 3 saturated heterocycles. The Labute approximate surface area is 221 Å². The van der Waals surface area contributed by atoms with Gasteiger partial charge in [0.1, 0.15) is 6.04 Å². The van der Waals surface area contributed by atoms with Crippen molar-refractivity contribution in [2.75, 3.05) is 24.7 Å². The lowest BCUT2D eigenvalue weighted by molar-refractivity contribution is -0.154. The minimum Gasteiger partial charge on any atom is -0.465 e. The average Bonchev–Trinajstić information content (AvgIpc) is 3.50. The van der Waals surface area contributed by atoms with E-state index in [-0.39, 0.29) is 36.8 Å². The molecule has 1 spiro atoms. The summed E-state index contributed by atoms with van der Waals surface area (Å²) < 4.78 is 4.73. The fourth-order valence-electron chi connectivity index (χ4n) is 6.07. The van der Waals surface area contributed by atoms with Crippen molar-refractivity contribution in [3.05, 3.63) is 54.1 Å². The number of carbonyl (C=O) groups excluding carboxylic acids is 3. The fourth-order valence-corrected chi connectivity index (χ4v) is 8.58. The van der Waals surface area contributed by atoms with Gasteiger partial charge in [-0.15, -0.1) is 24.9 Å². The van der Waals surface area contributed by atoms with E-state index in [1.165, 1.54) is 4.90 Å². The Kier molecular flexibility index (Phi) is 7.88. The first-order chi connectivity index (χ1) is 17.2. The van der Waals surface area contributed by atoms with Crippen molar-refractivity contribution in [2.24, 2.45) is 11.8 Å². The summed E-state index contributed by atoms with van der Waals surface area (Å²) in [5, 5.41) is 10.4. The Morgan fingerprint density at radius 2 is 2.14 bits per heavy atom. The molecule has 0 saturated carbocycles. The van der Waals surface area contributed by atoms with Crippen molar-refractivity contribution in [3.8, 4) is 0 Å². The predicted octanol–water partition coefficient (Wildman–Crippen LogP) is 3.76. The van der Waals surface area contributed by atoms with Gasteiger partial charge < -0.3 is 19.6 Å². The molecule has 9 heteroatoms. The van der Waals surface area contributed by atoms with Gasteiger partial charge in [-0.3, -0.25) is 14.4 Å². The van der Waals surface area contributed by atoms with Crippen LogP contribution in [-0.2, 0) is 19.1 Å². The Bertz CT molecular complexity index is 1060. The SMILES string of the molecule is C=CCCOC(=O)[C@@H]1[C@H]2C(=O)N([C@H](C)CO)C(C(=O)N(CC=C)c3c(C)cccc3Cl)C23CC[C@H]1S3. The number of ether oxygens (including phenoxy) is 1. The molecule has 4 rings (SSSR count). The highest BCUT2D eigenvalue weighted by atomic mass is 35.5. The van der Waals surface area contributed by atoms with E-state index in [0.717, 1.165) is 5.56 Å². The molecule has 1 aromatic carbocycles. The molecule has 6 atom stereocenters. The average molecular weight is 533 g/mol. The van der Waals surface area contributed by atoms with Crippen molar-refractivity contribution in [3.63, 3.8) is 0 Å². The molecule has 7 nitrogen and oxygen atoms in total. The summed E-state index contributed by atoms with van der Waals surface area (Å²) in [4.78, 5) is 44.6. The molecule has 3 fully saturated rings. The third-order valence-corrected chi connectivity index (χ3v) is 9.84. The van der Waals surface area contributed by atoms with E-state index in [0.29, 0.717) is 30.0 Å². The second-order valence-corrected chi connectivity index (χ2v) is 11.7. The van der Waals surface area contributed by atoms with Gasteiger partial charge in [-0.2, -0.15) is 0 Å². The fraction of sp³-hybridized carbons (Fsp3) is 0.519. The molecule has 194 valence electrons. The van der Waals surface area contributed by atoms with Crippen LogP contribution >= 0.6 is 23.4 Å². The summed E-state index contributed by atoms with van der Waals surface area (Å²) in [5.74, 6) is -2.26. The zero-order chi connectivity index (χ0) is 26.2. The summed E-state index contributed by atoms with van der Waals surface area (Å²) in [6.45, 7) is 11.2. The van der Waals surface area contributed by atoms with E-state index >= 15 is 0 Å². The Morgan fingerprint density at radius 1 is 1.39 bits per heavy atom. The monoisotopic (exact) mass is 532 g/mol. The van der Waals surface area contributed by atoms with Gasteiger partial charge in [-0.05, 0) is 44.7 Å². The van der Waals surface area contributed by atoms with Crippen LogP contribution in [0.15, 0.2) is 43.5 Å². The van der Waals surface area contributed by atoms with Crippen LogP contribution in [-0.4, -0.2) is 69.6 Å². The van der Waals surface area contributed by atoms with Crippen LogP contribution in [0.2, 0.25) is 5.02 Å². The quantitative estimate of drug-likeness (QED) is 0.280. The lowest BCUT2D eigenvalue weighted by Crippen LogP contribution is -2.57. The number of esters is 1. The van der Waals surface area contributed by atoms with E-state index in [4.69, 9.17) is 16.3 Å². The number of likely N-dealkylation sites (tertiary alicyclic amines) is 1. The first kappa shape index (κ1) is 26.8. The van der Waals surface area contributed by atoms with Gasteiger partial charge in [-0.25, -0.2) is 0 Å². The number of rotatable bonds is 10. The predicted molar refractivity (Wildman–Crippen MR) is 142 cm³/mol. The smallest absolute Gasteiger partial charge is 0.310 e. The number of aliphatic hydroxyl groups is 1. The number of halogens is 1. The number of fused-ring (bicyclic) bond motifs is 1. The second-order valence-electron chi connectivity index (χ2n) is 9.72. The maximum absolute atomic E-state index is 14.4. The number of carbonyl (C=O) groups is 3. The summed E-state index contributed by atoms with van der Waals surface area (Å²) in [6.07, 6.45) is 5.18. The van der Waals surface area contributed by atoms with E-state index in [2.05, 4.69) is 13.2 Å². The lowest BCUT2D eigenvalue weighted by Gasteiger charge is -2.39. The molecular weight excluding hydrogens is 500 g/mol. The third-order valence-electron chi connectivity index (χ3n) is 7.59. The van der Waals surface area contributed by atoms with E-state index in [1.807, 2.05) is 19.1 Å². The van der Waals surface area contributed by atoms with Crippen LogP contribution in [0.1, 0.15) is 31.7 Å². The van der Waals surface area contributed by atoms with Crippen molar-refractivity contribution in [1.29, 1.82) is 0 Å². The highest BCUT2D eigenvalue weighted by Gasteiger charge is 2.74. The first-order valence-corrected chi connectivity index (χ1v) is 13.5. The standard InChI is InChI=1S/C27H33ClN2O5S/c1-5-7-14-35-26(34)20-19-11-12-27(36-19)21(20)24(32)30(17(4)15-31)23(27)25(33)29(13-6-2)22-16(3)9-8-10-18(22)28/h5-6,8-10,17,19-21,23,31H,1-2,7,11-15H2,3-4H3/t17-,19-,20+,21+,23?,27?/m1/s1. The van der Waals surface area contributed by atoms with Crippen LogP contribution in [0.3, 0.4) is 0 Å². The normalized spacial score (nSPS) is 29.1. The van der Waals surface area contributed by atoms with Gasteiger partial charge in [0.15, 0.2) is 0 Å². The van der Waals surface area contributed by atoms with Crippen molar-refractivity contribution in [1.82, 2.24) is 4.90 Å². The molecule has 3 aliphatic heterocycles. The zero-order valence-corrected chi connectivity index (χ0v) is 22.3. The number of aliphatic hydroxyl groups excluding tert-OH is 1. The van der Waals surface area contributed by atoms with Crippen LogP contribution in [0.4, 0.5) is 5.69 Å². The Hall–Kier alpha value is -2.29. The summed E-state index contributed by atoms with van der Waals surface area (Å²) >= 11 is 8.12. The Morgan fingerprint density at radius 3 is 2.78 bits per heavy atom. The van der Waals surface area contributed by atoms with Crippen molar-refractivity contribution < 1.29 is 24.2 Å². The van der Waals surface area contributed by atoms with Crippen LogP contribution in [0, 0.1) is 18.8 Å². The molecule has 1 N–H and O–H groups in total. The Balaban J connectivity index is 1.78. The number of thioether (sulfide) groups is 1. The number of anilines is 1. The highest BCUT2D eigenvalue weighted by Crippen LogP contribution is 2.67. The van der Waals surface area contributed by atoms with E-state index < -0.39 is 34.6 Å². The summed E-state index contributed by atoms with van der Waals surface area (Å²) in [7, 11) is 0. The number of hydrogen-bond acceptors (Lipinski definition) is 6. The van der Waals surface area contributed by atoms with Crippen LogP contribution < -0.4 is 4.90 Å². The maximum Gasteiger partial charge on any atom is 0.310 e. The summed E-state index contributed by atoms with van der Waals surface area (Å²) in [5.41, 5.74) is 1.40. The second kappa shape index (κ2) is 10.6. The van der Waals surface area contributed by atoms with Crippen molar-refractivity contribution in [2.45, 2.75) is 55.2 Å². The number of hydrogen-bond donors (Lipinski definition) is 1. The molecule has 0 aliphatic carbocycles. The largest absolute Gasteiger partial charge is 0.465 e. The molecule has 0 aromatic heterocycles. The van der Waals surface area contributed by atoms with Crippen molar-refractivity contribution >= 4 is 46.8 Å². The molecule has 36 heavy (non-hydrogen) atoms. The van der Waals surface area contributed by atoms with Crippen LogP contribution in [0.25, 0.3) is 0 Å². The maximum atomic E-state index is 14.4. The lowest BCUT2D eigenvalue weighted by atomic mass is 9.71. The van der Waals surface area contributed by atoms with E-state index in [9.17, 15) is 19.5 Å². The molecule has 2 amide bonds. The molecule has 3 heterocycles. The molecule has 1 aromatic rings.